The van der Waals surface area contributed by atoms with Gasteiger partial charge in [-0.25, -0.2) is 5.84 Å². The minimum Gasteiger partial charge on any atom is -0.275 e. The summed E-state index contributed by atoms with van der Waals surface area (Å²) in [5.41, 5.74) is -0.491. The zero-order valence-corrected chi connectivity index (χ0v) is 13.1. The summed E-state index contributed by atoms with van der Waals surface area (Å²) in [5, 5.41) is 1.78. The summed E-state index contributed by atoms with van der Waals surface area (Å²) in [7, 11) is 0. The van der Waals surface area contributed by atoms with E-state index in [0.29, 0.717) is 5.03 Å². The number of halogens is 3. The van der Waals surface area contributed by atoms with Gasteiger partial charge in [-0.1, -0.05) is 29.3 Å². The fraction of sp³-hybridized carbons (Fsp3) is 0.583. The van der Waals surface area contributed by atoms with E-state index in [2.05, 4.69) is 0 Å². The fourth-order valence-electron chi connectivity index (χ4n) is 1.60. The molecule has 0 aromatic rings. The normalized spacial score (nSPS) is 28.6. The van der Waals surface area contributed by atoms with Gasteiger partial charge in [0.05, 0.1) is 26.4 Å². The molecule has 0 aromatic heterocycles. The van der Waals surface area contributed by atoms with Crippen molar-refractivity contribution >= 4 is 40.7 Å². The Hall–Kier alpha value is -0.220. The molecule has 0 radical (unpaired) electrons. The molecule has 0 aliphatic heterocycles. The number of nitrogens with two attached hydrogens (primary N) is 1. The Morgan fingerprint density at radius 2 is 1.94 bits per heavy atom. The first kappa shape index (κ1) is 15.8. The van der Waals surface area contributed by atoms with Gasteiger partial charge in [-0.3, -0.25) is 9.80 Å². The first-order chi connectivity index (χ1) is 7.99. The molecule has 18 heavy (non-hydrogen) atoms. The molecule has 0 bridgehead atoms. The Bertz CT molecular complexity index is 422. The second-order valence-electron chi connectivity index (χ2n) is 5.45. The van der Waals surface area contributed by atoms with Crippen LogP contribution in [0.1, 0.15) is 27.7 Å². The van der Waals surface area contributed by atoms with Gasteiger partial charge in [0.2, 0.25) is 5.91 Å². The van der Waals surface area contributed by atoms with Gasteiger partial charge in [0, 0.05) is 0 Å². The number of hydrogen-bond donors (Lipinski definition) is 1. The van der Waals surface area contributed by atoms with Crippen LogP contribution in [0, 0.1) is 5.92 Å². The lowest BCUT2D eigenvalue weighted by atomic mass is 9.87. The minimum absolute atomic E-state index is 0.258. The number of rotatable bonds is 1. The van der Waals surface area contributed by atoms with E-state index in [1.807, 2.05) is 20.8 Å². The van der Waals surface area contributed by atoms with Gasteiger partial charge >= 0.3 is 0 Å². The van der Waals surface area contributed by atoms with Crippen LogP contribution in [0.25, 0.3) is 0 Å². The monoisotopic (exact) mass is 310 g/mol. The van der Waals surface area contributed by atoms with Crippen molar-refractivity contribution in [2.45, 2.75) is 38.1 Å². The standard InChI is InChI=1S/C12H17Cl3N2O/c1-11(2,3)17(16)10(18)7-5-6-8(13)9(14)12(7,4)15/h5-7H,16H2,1-4H3. The molecule has 2 N–H and O–H groups in total. The molecule has 6 heteroatoms. The van der Waals surface area contributed by atoms with E-state index in [9.17, 15) is 4.79 Å². The van der Waals surface area contributed by atoms with Gasteiger partial charge in [-0.05, 0) is 33.8 Å². The first-order valence-corrected chi connectivity index (χ1v) is 6.64. The number of nitrogens with zero attached hydrogens (tertiary/aromatic N) is 1. The molecule has 2 atom stereocenters. The lowest BCUT2D eigenvalue weighted by molar-refractivity contribution is -0.139. The van der Waals surface area contributed by atoms with Crippen LogP contribution in [0.15, 0.2) is 22.2 Å². The van der Waals surface area contributed by atoms with Crippen molar-refractivity contribution < 1.29 is 4.79 Å². The van der Waals surface area contributed by atoms with Crippen molar-refractivity contribution in [3.8, 4) is 0 Å². The van der Waals surface area contributed by atoms with E-state index in [1.165, 1.54) is 5.01 Å². The van der Waals surface area contributed by atoms with Crippen molar-refractivity contribution in [3.05, 3.63) is 22.2 Å². The summed E-state index contributed by atoms with van der Waals surface area (Å²) in [5.74, 6) is 4.89. The molecule has 1 amide bonds. The number of carbonyl (C=O) groups is 1. The van der Waals surface area contributed by atoms with Crippen LogP contribution < -0.4 is 5.84 Å². The maximum absolute atomic E-state index is 12.4. The fourth-order valence-corrected chi connectivity index (χ4v) is 2.37. The second-order valence-corrected chi connectivity index (χ2v) is 7.02. The number of carbonyl (C=O) groups excluding carboxylic acids is 1. The zero-order valence-electron chi connectivity index (χ0n) is 10.8. The molecule has 1 rings (SSSR count). The van der Waals surface area contributed by atoms with E-state index >= 15 is 0 Å². The maximum atomic E-state index is 12.4. The van der Waals surface area contributed by atoms with Crippen molar-refractivity contribution in [3.63, 3.8) is 0 Å². The topological polar surface area (TPSA) is 46.3 Å². The summed E-state index contributed by atoms with van der Waals surface area (Å²) in [4.78, 5) is 11.3. The molecule has 2 unspecified atom stereocenters. The number of alkyl halides is 1. The third-order valence-corrected chi connectivity index (χ3v) is 4.41. The van der Waals surface area contributed by atoms with Gasteiger partial charge < -0.3 is 0 Å². The number of hydrogen-bond acceptors (Lipinski definition) is 2. The highest BCUT2D eigenvalue weighted by molar-refractivity contribution is 6.46. The average molecular weight is 312 g/mol. The van der Waals surface area contributed by atoms with Crippen molar-refractivity contribution in [2.24, 2.45) is 11.8 Å². The van der Waals surface area contributed by atoms with Gasteiger partial charge in [-0.15, -0.1) is 11.6 Å². The van der Waals surface area contributed by atoms with Gasteiger partial charge in [-0.2, -0.15) is 0 Å². The predicted octanol–water partition coefficient (Wildman–Crippen LogP) is 3.36. The van der Waals surface area contributed by atoms with E-state index in [0.717, 1.165) is 0 Å². The molecular weight excluding hydrogens is 295 g/mol. The van der Waals surface area contributed by atoms with E-state index in [-0.39, 0.29) is 10.9 Å². The lowest BCUT2D eigenvalue weighted by Gasteiger charge is -2.38. The van der Waals surface area contributed by atoms with Crippen LogP contribution in [0.5, 0.6) is 0 Å². The van der Waals surface area contributed by atoms with Crippen molar-refractivity contribution in [2.75, 3.05) is 0 Å². The largest absolute Gasteiger partial charge is 0.275 e. The SMILES string of the molecule is CC1(Cl)C(Cl)=C(Cl)C=CC1C(=O)N(N)C(C)(C)C. The van der Waals surface area contributed by atoms with Crippen LogP contribution in [0.2, 0.25) is 0 Å². The van der Waals surface area contributed by atoms with Crippen molar-refractivity contribution in [1.29, 1.82) is 0 Å². The predicted molar refractivity (Wildman–Crippen MR) is 76.4 cm³/mol. The third-order valence-electron chi connectivity index (χ3n) is 2.88. The van der Waals surface area contributed by atoms with Gasteiger partial charge in [0.25, 0.3) is 0 Å². The smallest absolute Gasteiger partial charge is 0.246 e. The molecule has 0 fully saturated rings. The Balaban J connectivity index is 3.07. The summed E-state index contributed by atoms with van der Waals surface area (Å²) >= 11 is 18.3. The highest BCUT2D eigenvalue weighted by atomic mass is 35.5. The van der Waals surface area contributed by atoms with E-state index < -0.39 is 16.3 Å². The zero-order chi connectivity index (χ0) is 14.3. The molecule has 1 aliphatic rings. The van der Waals surface area contributed by atoms with Crippen LogP contribution in [0.4, 0.5) is 0 Å². The Kier molecular flexibility index (Phi) is 4.44. The molecule has 102 valence electrons. The molecule has 0 spiro atoms. The molecule has 0 heterocycles. The quantitative estimate of drug-likeness (QED) is 0.349. The molecule has 1 aliphatic carbocycles. The average Bonchev–Trinajstić information content (AvgIpc) is 2.23. The van der Waals surface area contributed by atoms with Gasteiger partial charge in [0.15, 0.2) is 0 Å². The summed E-state index contributed by atoms with van der Waals surface area (Å²) in [6, 6.07) is 0. The maximum Gasteiger partial charge on any atom is 0.246 e. The number of hydrazine groups is 1. The summed E-state index contributed by atoms with van der Waals surface area (Å²) in [6.07, 6.45) is 3.21. The molecule has 3 nitrogen and oxygen atoms in total. The Morgan fingerprint density at radius 1 is 1.44 bits per heavy atom. The van der Waals surface area contributed by atoms with Crippen LogP contribution in [0.3, 0.4) is 0 Å². The molecule has 0 aromatic carbocycles. The minimum atomic E-state index is -1.08. The molecule has 0 saturated heterocycles. The van der Waals surface area contributed by atoms with Crippen LogP contribution >= 0.6 is 34.8 Å². The Morgan fingerprint density at radius 3 is 2.39 bits per heavy atom. The lowest BCUT2D eigenvalue weighted by Crippen LogP contribution is -2.55. The molecule has 0 saturated carbocycles. The van der Waals surface area contributed by atoms with E-state index in [1.54, 1.807) is 19.1 Å². The Labute approximate surface area is 123 Å². The highest BCUT2D eigenvalue weighted by Crippen LogP contribution is 2.43. The van der Waals surface area contributed by atoms with Crippen molar-refractivity contribution in [1.82, 2.24) is 5.01 Å². The highest BCUT2D eigenvalue weighted by Gasteiger charge is 2.44. The van der Waals surface area contributed by atoms with Gasteiger partial charge in [0.1, 0.15) is 0 Å². The molecular formula is C12H17Cl3N2O. The van der Waals surface area contributed by atoms with E-state index in [4.69, 9.17) is 40.6 Å². The summed E-state index contributed by atoms with van der Waals surface area (Å²) in [6.45, 7) is 7.18. The second kappa shape index (κ2) is 5.04. The summed E-state index contributed by atoms with van der Waals surface area (Å²) < 4.78 is 0. The number of amides is 1. The van der Waals surface area contributed by atoms with Crippen LogP contribution in [-0.4, -0.2) is 21.3 Å². The van der Waals surface area contributed by atoms with Crippen LogP contribution in [-0.2, 0) is 4.79 Å². The number of allylic oxidation sites excluding steroid dienone is 3. The third kappa shape index (κ3) is 2.85. The first-order valence-electron chi connectivity index (χ1n) is 5.51.